The average molecular weight is 276 g/mol. The minimum Gasteiger partial charge on any atom is -0.309 e. The van der Waals surface area contributed by atoms with Gasteiger partial charge in [-0.15, -0.1) is 0 Å². The van der Waals surface area contributed by atoms with Crippen LogP contribution in [0.2, 0.25) is 0 Å². The highest BCUT2D eigenvalue weighted by molar-refractivity contribution is 5.07. The second kappa shape index (κ2) is 5.15. The van der Waals surface area contributed by atoms with E-state index in [0.29, 0.717) is 5.54 Å². The fourth-order valence-corrected chi connectivity index (χ4v) is 3.89. The molecular weight excluding hydrogens is 248 g/mol. The first-order valence-corrected chi connectivity index (χ1v) is 7.98. The van der Waals surface area contributed by atoms with Crippen LogP contribution >= 0.6 is 0 Å². The summed E-state index contributed by atoms with van der Waals surface area (Å²) in [5, 5.41) is 8.36. The van der Waals surface area contributed by atoms with Crippen molar-refractivity contribution >= 4 is 0 Å². The van der Waals surface area contributed by atoms with Crippen molar-refractivity contribution in [3.63, 3.8) is 0 Å². The molecule has 2 heterocycles. The maximum Gasteiger partial charge on any atom is 0.0764 e. The Bertz CT molecular complexity index is 457. The lowest BCUT2D eigenvalue weighted by molar-refractivity contribution is -0.0169. The second-order valence-electron chi connectivity index (χ2n) is 7.36. The molecule has 0 unspecified atom stereocenters. The molecule has 1 spiro atoms. The smallest absolute Gasteiger partial charge is 0.0764 e. The number of piperazine rings is 1. The first-order valence-electron chi connectivity index (χ1n) is 7.98. The lowest BCUT2D eigenvalue weighted by Gasteiger charge is -2.54. The minimum atomic E-state index is 0.206. The molecule has 0 bridgehead atoms. The Kier molecular flexibility index (Phi) is 3.63. The number of hydrogen-bond donors (Lipinski definition) is 1. The summed E-state index contributed by atoms with van der Waals surface area (Å²) < 4.78 is 1.91. The van der Waals surface area contributed by atoms with E-state index in [1.165, 1.54) is 37.8 Å². The van der Waals surface area contributed by atoms with Gasteiger partial charge in [0.25, 0.3) is 0 Å². The number of aryl methyl sites for hydroxylation is 1. The molecule has 20 heavy (non-hydrogen) atoms. The summed E-state index contributed by atoms with van der Waals surface area (Å²) in [6, 6.07) is 2.16. The van der Waals surface area contributed by atoms with Gasteiger partial charge in [0.1, 0.15) is 0 Å². The molecule has 3 rings (SSSR count). The standard InChI is InChI=1S/C16H28N4/c1-15(2)13-20(11-14-7-10-19(3)18-14)16(12-17-15)8-5-4-6-9-16/h7,10,17H,4-6,8-9,11-13H2,1-3H3. The molecule has 1 aliphatic heterocycles. The lowest BCUT2D eigenvalue weighted by Crippen LogP contribution is -2.68. The molecule has 0 radical (unpaired) electrons. The van der Waals surface area contributed by atoms with Crippen LogP contribution in [0.3, 0.4) is 0 Å². The van der Waals surface area contributed by atoms with Crippen LogP contribution in [-0.2, 0) is 13.6 Å². The molecule has 112 valence electrons. The van der Waals surface area contributed by atoms with E-state index in [2.05, 4.69) is 41.4 Å². The van der Waals surface area contributed by atoms with Gasteiger partial charge in [-0.1, -0.05) is 19.3 Å². The number of rotatable bonds is 2. The SMILES string of the molecule is Cn1ccc(CN2CC(C)(C)NCC23CCCCC3)n1. The molecule has 1 saturated heterocycles. The molecule has 1 aliphatic carbocycles. The highest BCUT2D eigenvalue weighted by atomic mass is 15.3. The summed E-state index contributed by atoms with van der Waals surface area (Å²) in [5.41, 5.74) is 1.78. The molecule has 2 aliphatic rings. The number of nitrogens with zero attached hydrogens (tertiary/aromatic N) is 3. The predicted molar refractivity (Wildman–Crippen MR) is 81.5 cm³/mol. The Balaban J connectivity index is 1.81. The van der Waals surface area contributed by atoms with Crippen molar-refractivity contribution in [1.29, 1.82) is 0 Å². The quantitative estimate of drug-likeness (QED) is 0.900. The van der Waals surface area contributed by atoms with Gasteiger partial charge in [0.2, 0.25) is 0 Å². The minimum absolute atomic E-state index is 0.206. The molecule has 0 amide bonds. The molecule has 1 aromatic rings. The van der Waals surface area contributed by atoms with Gasteiger partial charge in [-0.2, -0.15) is 5.10 Å². The zero-order valence-corrected chi connectivity index (χ0v) is 13.2. The maximum absolute atomic E-state index is 4.59. The fraction of sp³-hybridized carbons (Fsp3) is 0.812. The van der Waals surface area contributed by atoms with Crippen LogP contribution < -0.4 is 5.32 Å². The highest BCUT2D eigenvalue weighted by Crippen LogP contribution is 2.37. The van der Waals surface area contributed by atoms with Crippen LogP contribution in [0.1, 0.15) is 51.6 Å². The van der Waals surface area contributed by atoms with E-state index in [4.69, 9.17) is 0 Å². The van der Waals surface area contributed by atoms with Gasteiger partial charge in [0, 0.05) is 44.0 Å². The Morgan fingerprint density at radius 3 is 2.65 bits per heavy atom. The van der Waals surface area contributed by atoms with E-state index in [-0.39, 0.29) is 5.54 Å². The zero-order chi connectivity index (χ0) is 14.2. The predicted octanol–water partition coefficient (Wildman–Crippen LogP) is 2.31. The van der Waals surface area contributed by atoms with E-state index in [9.17, 15) is 0 Å². The highest BCUT2D eigenvalue weighted by Gasteiger charge is 2.44. The van der Waals surface area contributed by atoms with Crippen LogP contribution in [0, 0.1) is 0 Å². The largest absolute Gasteiger partial charge is 0.309 e. The maximum atomic E-state index is 4.59. The monoisotopic (exact) mass is 276 g/mol. The molecule has 1 saturated carbocycles. The summed E-state index contributed by atoms with van der Waals surface area (Å²) in [7, 11) is 2.00. The summed E-state index contributed by atoms with van der Waals surface area (Å²) in [6.07, 6.45) is 8.88. The van der Waals surface area contributed by atoms with E-state index in [0.717, 1.165) is 19.6 Å². The van der Waals surface area contributed by atoms with Crippen LogP contribution in [0.4, 0.5) is 0 Å². The van der Waals surface area contributed by atoms with Crippen LogP contribution in [0.15, 0.2) is 12.3 Å². The summed E-state index contributed by atoms with van der Waals surface area (Å²) in [5.74, 6) is 0. The molecular formula is C16H28N4. The first kappa shape index (κ1) is 14.1. The van der Waals surface area contributed by atoms with E-state index in [1.807, 2.05) is 11.7 Å². The molecule has 4 nitrogen and oxygen atoms in total. The van der Waals surface area contributed by atoms with Crippen molar-refractivity contribution in [2.75, 3.05) is 13.1 Å². The summed E-state index contributed by atoms with van der Waals surface area (Å²) in [4.78, 5) is 2.71. The third kappa shape index (κ3) is 2.77. The Morgan fingerprint density at radius 2 is 2.00 bits per heavy atom. The third-order valence-corrected chi connectivity index (χ3v) is 5.06. The van der Waals surface area contributed by atoms with Crippen LogP contribution in [-0.4, -0.2) is 38.8 Å². The molecule has 1 aromatic heterocycles. The number of aromatic nitrogens is 2. The van der Waals surface area contributed by atoms with Crippen molar-refractivity contribution in [1.82, 2.24) is 20.0 Å². The van der Waals surface area contributed by atoms with Crippen molar-refractivity contribution < 1.29 is 0 Å². The zero-order valence-electron chi connectivity index (χ0n) is 13.2. The Labute approximate surface area is 122 Å². The van der Waals surface area contributed by atoms with Gasteiger partial charge in [-0.3, -0.25) is 9.58 Å². The Morgan fingerprint density at radius 1 is 1.25 bits per heavy atom. The molecule has 0 atom stereocenters. The topological polar surface area (TPSA) is 33.1 Å². The molecule has 4 heteroatoms. The van der Waals surface area contributed by atoms with E-state index >= 15 is 0 Å². The van der Waals surface area contributed by atoms with Crippen molar-refractivity contribution in [2.24, 2.45) is 7.05 Å². The van der Waals surface area contributed by atoms with Gasteiger partial charge >= 0.3 is 0 Å². The van der Waals surface area contributed by atoms with Gasteiger partial charge in [-0.25, -0.2) is 0 Å². The number of nitrogens with one attached hydrogen (secondary N) is 1. The van der Waals surface area contributed by atoms with Crippen LogP contribution in [0.25, 0.3) is 0 Å². The third-order valence-electron chi connectivity index (χ3n) is 5.06. The molecule has 0 aromatic carbocycles. The van der Waals surface area contributed by atoms with Crippen LogP contribution in [0.5, 0.6) is 0 Å². The second-order valence-corrected chi connectivity index (χ2v) is 7.36. The van der Waals surface area contributed by atoms with Crippen molar-refractivity contribution in [3.8, 4) is 0 Å². The first-order chi connectivity index (χ1) is 9.49. The fourth-order valence-electron chi connectivity index (χ4n) is 3.89. The lowest BCUT2D eigenvalue weighted by atomic mass is 9.77. The number of hydrogen-bond acceptors (Lipinski definition) is 3. The normalized spacial score (nSPS) is 25.9. The molecule has 1 N–H and O–H groups in total. The summed E-state index contributed by atoms with van der Waals surface area (Å²) >= 11 is 0. The van der Waals surface area contributed by atoms with Gasteiger partial charge in [0.05, 0.1) is 5.69 Å². The Hall–Kier alpha value is -0.870. The van der Waals surface area contributed by atoms with Gasteiger partial charge in [0.15, 0.2) is 0 Å². The van der Waals surface area contributed by atoms with Gasteiger partial charge < -0.3 is 5.32 Å². The van der Waals surface area contributed by atoms with Crippen molar-refractivity contribution in [3.05, 3.63) is 18.0 Å². The molecule has 2 fully saturated rings. The average Bonchev–Trinajstić information content (AvgIpc) is 2.81. The summed E-state index contributed by atoms with van der Waals surface area (Å²) in [6.45, 7) is 7.87. The van der Waals surface area contributed by atoms with E-state index < -0.39 is 0 Å². The van der Waals surface area contributed by atoms with Crippen molar-refractivity contribution in [2.45, 2.75) is 63.6 Å². The van der Waals surface area contributed by atoms with E-state index in [1.54, 1.807) is 0 Å². The van der Waals surface area contributed by atoms with Gasteiger partial charge in [-0.05, 0) is 32.8 Å².